The molecule has 1 aliphatic heterocycles. The van der Waals surface area contributed by atoms with E-state index in [0.717, 1.165) is 25.7 Å². The lowest BCUT2D eigenvalue weighted by Gasteiger charge is -2.39. The Morgan fingerprint density at radius 2 is 1.71 bits per heavy atom. The van der Waals surface area contributed by atoms with Crippen molar-refractivity contribution in [1.82, 2.24) is 4.90 Å². The van der Waals surface area contributed by atoms with Crippen LogP contribution in [0.2, 0.25) is 0 Å². The molecule has 0 radical (unpaired) electrons. The van der Waals surface area contributed by atoms with Crippen LogP contribution in [0.1, 0.15) is 6.92 Å². The first-order chi connectivity index (χ1) is 7.56. The average Bonchev–Trinajstić information content (AvgIpc) is 2.15. The fourth-order valence-corrected chi connectivity index (χ4v) is 2.23. The summed E-state index contributed by atoms with van der Waals surface area (Å²) in [7, 11) is 2.06. The minimum absolute atomic E-state index is 0. The molecule has 0 N–H and O–H groups in total. The van der Waals surface area contributed by atoms with Crippen LogP contribution in [-0.4, -0.2) is 37.6 Å². The third kappa shape index (κ3) is 3.33. The third-order valence-electron chi connectivity index (χ3n) is 3.01. The Morgan fingerprint density at radius 1 is 1.12 bits per heavy atom. The van der Waals surface area contributed by atoms with Crippen molar-refractivity contribution in [2.75, 3.05) is 31.6 Å². The van der Waals surface area contributed by atoms with Crippen molar-refractivity contribution in [2.45, 2.75) is 13.0 Å². The van der Waals surface area contributed by atoms with Crippen LogP contribution >= 0.6 is 13.5 Å². The Kier molecular flexibility index (Phi) is 4.77. The summed E-state index contributed by atoms with van der Waals surface area (Å²) in [6.07, 6.45) is 0. The number of benzene rings is 1. The largest absolute Gasteiger partial charge is 0.366 e. The summed E-state index contributed by atoms with van der Waals surface area (Å²) in [6.45, 7) is 4.71. The van der Waals surface area contributed by atoms with Crippen LogP contribution in [0, 0.1) is 11.6 Å². The molecule has 0 amide bonds. The van der Waals surface area contributed by atoms with E-state index in [1.807, 2.05) is 4.90 Å². The van der Waals surface area contributed by atoms with E-state index in [4.69, 9.17) is 0 Å². The first kappa shape index (κ1) is 14.3. The maximum atomic E-state index is 13.1. The molecule has 2 rings (SSSR count). The Hall–Kier alpha value is -0.810. The number of piperazine rings is 1. The van der Waals surface area contributed by atoms with Crippen LogP contribution in [0.4, 0.5) is 14.5 Å². The topological polar surface area (TPSA) is 6.48 Å². The van der Waals surface area contributed by atoms with Crippen molar-refractivity contribution in [2.24, 2.45) is 0 Å². The number of hydrogen-bond acceptors (Lipinski definition) is 2. The lowest BCUT2D eigenvalue weighted by atomic mass is 10.1. The van der Waals surface area contributed by atoms with Gasteiger partial charge in [0.05, 0.1) is 0 Å². The van der Waals surface area contributed by atoms with Gasteiger partial charge in [0.1, 0.15) is 11.6 Å². The molecule has 1 aromatic carbocycles. The van der Waals surface area contributed by atoms with Gasteiger partial charge in [-0.2, -0.15) is 13.5 Å². The highest BCUT2D eigenvalue weighted by Gasteiger charge is 2.22. The molecular formula is C12H18F2N2S. The summed E-state index contributed by atoms with van der Waals surface area (Å²) in [4.78, 5) is 4.27. The molecule has 1 saturated heterocycles. The van der Waals surface area contributed by atoms with Crippen LogP contribution in [0.25, 0.3) is 0 Å². The summed E-state index contributed by atoms with van der Waals surface area (Å²) in [5, 5.41) is 0. The second kappa shape index (κ2) is 5.69. The van der Waals surface area contributed by atoms with Crippen molar-refractivity contribution < 1.29 is 8.78 Å². The fraction of sp³-hybridized carbons (Fsp3) is 0.500. The Labute approximate surface area is 108 Å². The Morgan fingerprint density at radius 3 is 2.24 bits per heavy atom. The van der Waals surface area contributed by atoms with Gasteiger partial charge in [0.25, 0.3) is 0 Å². The molecule has 0 bridgehead atoms. The molecular weight excluding hydrogens is 242 g/mol. The van der Waals surface area contributed by atoms with E-state index >= 15 is 0 Å². The van der Waals surface area contributed by atoms with E-state index in [-0.39, 0.29) is 19.5 Å². The minimum Gasteiger partial charge on any atom is -0.366 e. The highest BCUT2D eigenvalue weighted by atomic mass is 32.1. The van der Waals surface area contributed by atoms with E-state index in [2.05, 4.69) is 18.9 Å². The van der Waals surface area contributed by atoms with Crippen molar-refractivity contribution in [3.05, 3.63) is 29.8 Å². The summed E-state index contributed by atoms with van der Waals surface area (Å²) < 4.78 is 26.2. The first-order valence-corrected chi connectivity index (χ1v) is 5.47. The van der Waals surface area contributed by atoms with Gasteiger partial charge in [-0.3, -0.25) is 0 Å². The molecule has 0 aromatic heterocycles. The zero-order valence-electron chi connectivity index (χ0n) is 10.1. The predicted molar refractivity (Wildman–Crippen MR) is 71.0 cm³/mol. The minimum atomic E-state index is -0.513. The van der Waals surface area contributed by atoms with Gasteiger partial charge >= 0.3 is 0 Å². The van der Waals surface area contributed by atoms with Crippen LogP contribution in [-0.2, 0) is 0 Å². The Balaban J connectivity index is 0.00000144. The highest BCUT2D eigenvalue weighted by Crippen LogP contribution is 2.22. The summed E-state index contributed by atoms with van der Waals surface area (Å²) in [5.74, 6) is -1.03. The SMILES string of the molecule is C[C@H]1CN(C)CCN1c1cc(F)cc(F)c1.S. The van der Waals surface area contributed by atoms with Gasteiger partial charge in [-0.25, -0.2) is 8.78 Å². The fourth-order valence-electron chi connectivity index (χ4n) is 2.23. The summed E-state index contributed by atoms with van der Waals surface area (Å²) in [5.41, 5.74) is 0.637. The van der Waals surface area contributed by atoms with Gasteiger partial charge in [-0.1, -0.05) is 0 Å². The molecule has 1 aliphatic rings. The van der Waals surface area contributed by atoms with Gasteiger partial charge < -0.3 is 9.80 Å². The molecule has 2 nitrogen and oxygen atoms in total. The molecule has 0 unspecified atom stereocenters. The average molecular weight is 260 g/mol. The molecule has 0 spiro atoms. The van der Waals surface area contributed by atoms with Gasteiger partial charge in [0.2, 0.25) is 0 Å². The zero-order chi connectivity index (χ0) is 11.7. The van der Waals surface area contributed by atoms with E-state index in [0.29, 0.717) is 5.69 Å². The molecule has 17 heavy (non-hydrogen) atoms. The second-order valence-electron chi connectivity index (χ2n) is 4.43. The standard InChI is InChI=1S/C12H16F2N2.H2S/c1-9-8-15(2)3-4-16(9)12-6-10(13)5-11(14)7-12;/h5-7,9H,3-4,8H2,1-2H3;1H2/t9-;/m0./s1. The first-order valence-electron chi connectivity index (χ1n) is 5.47. The van der Waals surface area contributed by atoms with Crippen molar-refractivity contribution in [1.29, 1.82) is 0 Å². The van der Waals surface area contributed by atoms with Gasteiger partial charge in [-0.15, -0.1) is 0 Å². The van der Waals surface area contributed by atoms with Crippen LogP contribution < -0.4 is 4.90 Å². The molecule has 0 aliphatic carbocycles. The number of halogens is 2. The molecule has 1 fully saturated rings. The van der Waals surface area contributed by atoms with Crippen LogP contribution in [0.5, 0.6) is 0 Å². The number of rotatable bonds is 1. The Bertz CT molecular complexity index is 367. The second-order valence-corrected chi connectivity index (χ2v) is 4.43. The van der Waals surface area contributed by atoms with Crippen LogP contribution in [0.3, 0.4) is 0 Å². The molecule has 1 aromatic rings. The predicted octanol–water partition coefficient (Wildman–Crippen LogP) is 2.22. The number of nitrogens with zero attached hydrogens (tertiary/aromatic N) is 2. The molecule has 0 saturated carbocycles. The van der Waals surface area contributed by atoms with E-state index in [1.54, 1.807) is 0 Å². The summed E-state index contributed by atoms with van der Waals surface area (Å²) in [6, 6.07) is 3.97. The monoisotopic (exact) mass is 260 g/mol. The van der Waals surface area contributed by atoms with Crippen molar-refractivity contribution in [3.8, 4) is 0 Å². The quantitative estimate of drug-likeness (QED) is 0.764. The van der Waals surface area contributed by atoms with E-state index in [1.165, 1.54) is 12.1 Å². The molecule has 96 valence electrons. The number of likely N-dealkylation sites (N-methyl/N-ethyl adjacent to an activating group) is 1. The zero-order valence-corrected chi connectivity index (χ0v) is 11.1. The summed E-state index contributed by atoms with van der Waals surface area (Å²) >= 11 is 0. The smallest absolute Gasteiger partial charge is 0.128 e. The lowest BCUT2D eigenvalue weighted by molar-refractivity contribution is 0.275. The molecule has 1 heterocycles. The normalized spacial score (nSPS) is 21.2. The van der Waals surface area contributed by atoms with E-state index < -0.39 is 11.6 Å². The third-order valence-corrected chi connectivity index (χ3v) is 3.01. The van der Waals surface area contributed by atoms with Gasteiger partial charge in [0, 0.05) is 37.4 Å². The lowest BCUT2D eigenvalue weighted by Crippen LogP contribution is -2.50. The van der Waals surface area contributed by atoms with Crippen molar-refractivity contribution >= 4 is 19.2 Å². The van der Waals surface area contributed by atoms with Crippen LogP contribution in [0.15, 0.2) is 18.2 Å². The number of anilines is 1. The maximum absolute atomic E-state index is 13.1. The maximum Gasteiger partial charge on any atom is 0.128 e. The van der Waals surface area contributed by atoms with E-state index in [9.17, 15) is 8.78 Å². The molecule has 1 atom stereocenters. The van der Waals surface area contributed by atoms with Crippen molar-refractivity contribution in [3.63, 3.8) is 0 Å². The highest BCUT2D eigenvalue weighted by molar-refractivity contribution is 7.59. The number of hydrogen-bond donors (Lipinski definition) is 0. The van der Waals surface area contributed by atoms with Gasteiger partial charge in [-0.05, 0) is 26.1 Å². The molecule has 5 heteroatoms. The van der Waals surface area contributed by atoms with Gasteiger partial charge in [0.15, 0.2) is 0 Å².